The van der Waals surface area contributed by atoms with Gasteiger partial charge in [-0.05, 0) is 43.2 Å². The molecule has 2 amide bonds. The van der Waals surface area contributed by atoms with Crippen LogP contribution < -0.4 is 20.1 Å². The van der Waals surface area contributed by atoms with Crippen molar-refractivity contribution in [1.29, 1.82) is 0 Å². The van der Waals surface area contributed by atoms with Crippen molar-refractivity contribution < 1.29 is 19.1 Å². The minimum absolute atomic E-state index is 0.117. The van der Waals surface area contributed by atoms with E-state index in [-0.39, 0.29) is 24.3 Å². The standard InChI is InChI=1S/C21H25ClN2O4/c1-12(2)21(26)24-17-7-6-15(10-18(17)27-5)23-19(25)11-28-20-14(4)8-13(3)9-16(20)22/h6-10,12H,11H2,1-5H3,(H,23,25)(H,24,26). The lowest BCUT2D eigenvalue weighted by Crippen LogP contribution is -2.21. The maximum atomic E-state index is 12.2. The number of amides is 2. The molecule has 2 rings (SSSR count). The first-order chi connectivity index (χ1) is 13.2. The third-order valence-electron chi connectivity index (χ3n) is 3.99. The van der Waals surface area contributed by atoms with Crippen LogP contribution in [-0.4, -0.2) is 25.5 Å². The van der Waals surface area contributed by atoms with Gasteiger partial charge in [-0.2, -0.15) is 0 Å². The van der Waals surface area contributed by atoms with Crippen molar-refractivity contribution in [3.05, 3.63) is 46.5 Å². The van der Waals surface area contributed by atoms with E-state index >= 15 is 0 Å². The van der Waals surface area contributed by atoms with E-state index in [1.54, 1.807) is 38.1 Å². The summed E-state index contributed by atoms with van der Waals surface area (Å²) in [5.74, 6) is 0.334. The topological polar surface area (TPSA) is 76.7 Å². The Morgan fingerprint density at radius 1 is 1.11 bits per heavy atom. The van der Waals surface area contributed by atoms with Crippen molar-refractivity contribution in [1.82, 2.24) is 0 Å². The zero-order chi connectivity index (χ0) is 20.8. The Hall–Kier alpha value is -2.73. The van der Waals surface area contributed by atoms with Gasteiger partial charge in [0.1, 0.15) is 11.5 Å². The highest BCUT2D eigenvalue weighted by atomic mass is 35.5. The van der Waals surface area contributed by atoms with Crippen molar-refractivity contribution >= 4 is 34.8 Å². The molecule has 0 spiro atoms. The van der Waals surface area contributed by atoms with E-state index in [0.29, 0.717) is 27.9 Å². The molecule has 6 nitrogen and oxygen atoms in total. The van der Waals surface area contributed by atoms with Crippen molar-refractivity contribution in [2.24, 2.45) is 5.92 Å². The number of ether oxygens (including phenoxy) is 2. The van der Waals surface area contributed by atoms with E-state index in [0.717, 1.165) is 11.1 Å². The highest BCUT2D eigenvalue weighted by molar-refractivity contribution is 6.32. The maximum Gasteiger partial charge on any atom is 0.262 e. The summed E-state index contributed by atoms with van der Waals surface area (Å²) in [6.07, 6.45) is 0. The fourth-order valence-electron chi connectivity index (χ4n) is 2.57. The van der Waals surface area contributed by atoms with E-state index < -0.39 is 0 Å². The molecule has 0 fully saturated rings. The zero-order valence-electron chi connectivity index (χ0n) is 16.7. The van der Waals surface area contributed by atoms with Gasteiger partial charge in [-0.1, -0.05) is 31.5 Å². The van der Waals surface area contributed by atoms with E-state index in [9.17, 15) is 9.59 Å². The van der Waals surface area contributed by atoms with Gasteiger partial charge >= 0.3 is 0 Å². The number of carbonyl (C=O) groups excluding carboxylic acids is 2. The summed E-state index contributed by atoms with van der Waals surface area (Å²) >= 11 is 6.19. The van der Waals surface area contributed by atoms with Crippen molar-refractivity contribution in [2.45, 2.75) is 27.7 Å². The second-order valence-electron chi connectivity index (χ2n) is 6.79. The molecule has 28 heavy (non-hydrogen) atoms. The molecule has 2 aromatic carbocycles. The quantitative estimate of drug-likeness (QED) is 0.708. The zero-order valence-corrected chi connectivity index (χ0v) is 17.4. The Morgan fingerprint density at radius 3 is 2.43 bits per heavy atom. The summed E-state index contributed by atoms with van der Waals surface area (Å²) < 4.78 is 10.9. The first kappa shape index (κ1) is 21.6. The van der Waals surface area contributed by atoms with Crippen LogP contribution in [0, 0.1) is 19.8 Å². The monoisotopic (exact) mass is 404 g/mol. The van der Waals surface area contributed by atoms with Crippen molar-refractivity contribution in [3.63, 3.8) is 0 Å². The Bertz CT molecular complexity index is 858. The van der Waals surface area contributed by atoms with Gasteiger partial charge in [0.2, 0.25) is 5.91 Å². The molecule has 0 saturated carbocycles. The lowest BCUT2D eigenvalue weighted by Gasteiger charge is -2.14. The number of aryl methyl sites for hydroxylation is 2. The highest BCUT2D eigenvalue weighted by Crippen LogP contribution is 2.30. The molecular weight excluding hydrogens is 380 g/mol. The van der Waals surface area contributed by atoms with Crippen LogP contribution in [0.2, 0.25) is 5.02 Å². The number of hydrogen-bond donors (Lipinski definition) is 2. The summed E-state index contributed by atoms with van der Waals surface area (Å²) in [7, 11) is 1.50. The van der Waals surface area contributed by atoms with Crippen LogP contribution in [0.25, 0.3) is 0 Å². The van der Waals surface area contributed by atoms with Crippen molar-refractivity contribution in [2.75, 3.05) is 24.4 Å². The molecule has 0 aromatic heterocycles. The predicted molar refractivity (Wildman–Crippen MR) is 112 cm³/mol. The van der Waals surface area contributed by atoms with Gasteiger partial charge in [0.25, 0.3) is 5.91 Å². The van der Waals surface area contributed by atoms with Crippen LogP contribution in [0.5, 0.6) is 11.5 Å². The van der Waals surface area contributed by atoms with Crippen LogP contribution in [-0.2, 0) is 9.59 Å². The maximum absolute atomic E-state index is 12.2. The molecule has 2 aromatic rings. The van der Waals surface area contributed by atoms with Crippen LogP contribution in [0.15, 0.2) is 30.3 Å². The van der Waals surface area contributed by atoms with E-state index in [1.165, 1.54) is 7.11 Å². The Morgan fingerprint density at radius 2 is 1.82 bits per heavy atom. The summed E-state index contributed by atoms with van der Waals surface area (Å²) in [6, 6.07) is 8.72. The number of benzene rings is 2. The Kier molecular flexibility index (Phi) is 7.29. The molecule has 0 bridgehead atoms. The Labute approximate surface area is 170 Å². The number of methoxy groups -OCH3 is 1. The van der Waals surface area contributed by atoms with E-state index in [1.807, 2.05) is 19.9 Å². The summed E-state index contributed by atoms with van der Waals surface area (Å²) in [6.45, 7) is 7.24. The first-order valence-electron chi connectivity index (χ1n) is 8.89. The molecule has 150 valence electrons. The van der Waals surface area contributed by atoms with Gasteiger partial charge in [-0.3, -0.25) is 9.59 Å². The fourth-order valence-corrected chi connectivity index (χ4v) is 2.95. The summed E-state index contributed by atoms with van der Waals surface area (Å²) in [5, 5.41) is 6.00. The van der Waals surface area contributed by atoms with Crippen LogP contribution in [0.4, 0.5) is 11.4 Å². The smallest absolute Gasteiger partial charge is 0.262 e. The van der Waals surface area contributed by atoms with Crippen LogP contribution in [0.3, 0.4) is 0 Å². The molecule has 0 saturated heterocycles. The van der Waals surface area contributed by atoms with Gasteiger partial charge < -0.3 is 20.1 Å². The summed E-state index contributed by atoms with van der Waals surface area (Å²) in [4.78, 5) is 24.1. The number of carbonyl (C=O) groups is 2. The Balaban J connectivity index is 2.03. The third kappa shape index (κ3) is 5.63. The molecule has 0 aliphatic carbocycles. The number of anilines is 2. The normalized spacial score (nSPS) is 10.5. The van der Waals surface area contributed by atoms with Gasteiger partial charge in [0, 0.05) is 17.7 Å². The molecule has 0 heterocycles. The fraction of sp³-hybridized carbons (Fsp3) is 0.333. The van der Waals surface area contributed by atoms with Gasteiger partial charge in [-0.15, -0.1) is 0 Å². The molecule has 0 aliphatic rings. The predicted octanol–water partition coefficient (Wildman–Crippen LogP) is 4.58. The number of hydrogen-bond acceptors (Lipinski definition) is 4. The third-order valence-corrected chi connectivity index (χ3v) is 4.27. The molecule has 7 heteroatoms. The van der Waals surface area contributed by atoms with Gasteiger partial charge in [-0.25, -0.2) is 0 Å². The molecule has 0 unspecified atom stereocenters. The molecular formula is C21H25ClN2O4. The highest BCUT2D eigenvalue weighted by Gasteiger charge is 2.13. The second kappa shape index (κ2) is 9.46. The van der Waals surface area contributed by atoms with Gasteiger partial charge in [0.05, 0.1) is 17.8 Å². The number of halogens is 1. The minimum Gasteiger partial charge on any atom is -0.494 e. The van der Waals surface area contributed by atoms with E-state index in [4.69, 9.17) is 21.1 Å². The summed E-state index contributed by atoms with van der Waals surface area (Å²) in [5.41, 5.74) is 2.96. The van der Waals surface area contributed by atoms with Crippen LogP contribution in [0.1, 0.15) is 25.0 Å². The molecule has 0 atom stereocenters. The SMILES string of the molecule is COc1cc(NC(=O)COc2c(C)cc(C)cc2Cl)ccc1NC(=O)C(C)C. The van der Waals surface area contributed by atoms with Crippen molar-refractivity contribution in [3.8, 4) is 11.5 Å². The average molecular weight is 405 g/mol. The largest absolute Gasteiger partial charge is 0.494 e. The molecule has 2 N–H and O–H groups in total. The lowest BCUT2D eigenvalue weighted by molar-refractivity contribution is -0.119. The minimum atomic E-state index is -0.336. The van der Waals surface area contributed by atoms with Crippen LogP contribution >= 0.6 is 11.6 Å². The molecule has 0 radical (unpaired) electrons. The second-order valence-corrected chi connectivity index (χ2v) is 7.20. The molecule has 0 aliphatic heterocycles. The van der Waals surface area contributed by atoms with Gasteiger partial charge in [0.15, 0.2) is 6.61 Å². The first-order valence-corrected chi connectivity index (χ1v) is 9.27. The average Bonchev–Trinajstić information content (AvgIpc) is 2.61. The number of nitrogens with one attached hydrogen (secondary N) is 2. The lowest BCUT2D eigenvalue weighted by atomic mass is 10.1. The van der Waals surface area contributed by atoms with E-state index in [2.05, 4.69) is 10.6 Å². The number of rotatable bonds is 7.